The summed E-state index contributed by atoms with van der Waals surface area (Å²) in [6, 6.07) is 11.9. The molecule has 6 heteroatoms. The lowest BCUT2D eigenvalue weighted by Crippen LogP contribution is -2.03. The highest BCUT2D eigenvalue weighted by atomic mass is 32.2. The van der Waals surface area contributed by atoms with Gasteiger partial charge >= 0.3 is 6.18 Å². The van der Waals surface area contributed by atoms with Crippen molar-refractivity contribution in [2.45, 2.75) is 30.7 Å². The smallest absolute Gasteiger partial charge is 0.416 e. The Morgan fingerprint density at radius 1 is 0.962 bits per heavy atom. The molecule has 1 heterocycles. The van der Waals surface area contributed by atoms with E-state index in [1.807, 2.05) is 19.1 Å². The largest absolute Gasteiger partial charge is 0.460 e. The Bertz CT molecular complexity index is 912. The van der Waals surface area contributed by atoms with Gasteiger partial charge in [0.1, 0.15) is 11.5 Å². The van der Waals surface area contributed by atoms with Gasteiger partial charge in [0.25, 0.3) is 0 Å². The fraction of sp³-hybridized carbons (Fsp3) is 0.200. The molecule has 0 N–H and O–H groups in total. The number of furan rings is 1. The van der Waals surface area contributed by atoms with Crippen LogP contribution in [0, 0.1) is 13.8 Å². The zero-order valence-electron chi connectivity index (χ0n) is 14.2. The van der Waals surface area contributed by atoms with Crippen LogP contribution in [0.5, 0.6) is 5.75 Å². The van der Waals surface area contributed by atoms with Gasteiger partial charge in [-0.1, -0.05) is 12.1 Å². The van der Waals surface area contributed by atoms with Crippen LogP contribution < -0.4 is 0 Å². The Balaban J connectivity index is 1.75. The van der Waals surface area contributed by atoms with Gasteiger partial charge in [0.2, 0.25) is 0 Å². The van der Waals surface area contributed by atoms with Gasteiger partial charge in [0.05, 0.1) is 11.3 Å². The van der Waals surface area contributed by atoms with Crippen LogP contribution in [0.1, 0.15) is 22.5 Å². The van der Waals surface area contributed by atoms with Crippen molar-refractivity contribution in [3.8, 4) is 17.1 Å². The molecule has 0 atom stereocenters. The van der Waals surface area contributed by atoms with Gasteiger partial charge < -0.3 is 4.42 Å². The lowest BCUT2D eigenvalue weighted by atomic mass is 10.1. The average molecular weight is 377 g/mol. The van der Waals surface area contributed by atoms with Gasteiger partial charge in [-0.3, -0.25) is 5.11 Å². The number of thioether (sulfide) groups is 1. The number of hydrogen-bond acceptors (Lipinski definition) is 2. The van der Waals surface area contributed by atoms with Crippen LogP contribution in [0.25, 0.3) is 11.3 Å². The third-order valence-electron chi connectivity index (χ3n) is 4.03. The highest BCUT2D eigenvalue weighted by Crippen LogP contribution is 2.34. The monoisotopic (exact) mass is 377 g/mol. The molecule has 0 unspecified atom stereocenters. The molecule has 3 rings (SSSR count). The van der Waals surface area contributed by atoms with E-state index in [4.69, 9.17) is 4.42 Å². The predicted molar refractivity (Wildman–Crippen MR) is 94.8 cm³/mol. The summed E-state index contributed by atoms with van der Waals surface area (Å²) >= 11 is 1.54. The second kappa shape index (κ2) is 7.11. The summed E-state index contributed by atoms with van der Waals surface area (Å²) in [4.78, 5) is 0.967. The molecule has 0 amide bonds. The number of halogens is 3. The van der Waals surface area contributed by atoms with Crippen molar-refractivity contribution in [2.75, 3.05) is 0 Å². The molecule has 0 saturated heterocycles. The second-order valence-electron chi connectivity index (χ2n) is 6.01. The Morgan fingerprint density at radius 2 is 1.65 bits per heavy atom. The summed E-state index contributed by atoms with van der Waals surface area (Å²) in [5.74, 6) is 1.88. The highest BCUT2D eigenvalue weighted by molar-refractivity contribution is 7.98. The molecule has 1 radical (unpaired) electrons. The van der Waals surface area contributed by atoms with Crippen LogP contribution in [-0.2, 0) is 17.0 Å². The Labute approximate surface area is 153 Å². The number of aryl methyl sites for hydroxylation is 2. The maximum atomic E-state index is 12.7. The molecular weight excluding hydrogens is 361 g/mol. The first-order valence-corrected chi connectivity index (χ1v) is 8.90. The molecule has 0 saturated carbocycles. The molecule has 0 fully saturated rings. The molecular formula is C20H16F3O2S. The fourth-order valence-electron chi connectivity index (χ4n) is 2.49. The molecule has 0 bridgehead atoms. The van der Waals surface area contributed by atoms with Gasteiger partial charge in [-0.25, -0.2) is 0 Å². The van der Waals surface area contributed by atoms with Gasteiger partial charge in [0.15, 0.2) is 5.75 Å². The Morgan fingerprint density at radius 3 is 2.27 bits per heavy atom. The number of benzene rings is 2. The zero-order chi connectivity index (χ0) is 18.9. The van der Waals surface area contributed by atoms with E-state index in [2.05, 4.69) is 0 Å². The van der Waals surface area contributed by atoms with Crippen LogP contribution in [0.3, 0.4) is 0 Å². The standard InChI is InChI=1S/C20H16F3O2S/c1-12-9-16(7-8-17(12)24)26-11-19-13(2)10-18(25-19)14-3-5-15(6-4-14)20(21,22)23/h3-10H,11H2,1-2H3. The first-order chi connectivity index (χ1) is 12.2. The molecule has 1 aromatic heterocycles. The summed E-state index contributed by atoms with van der Waals surface area (Å²) in [6.45, 7) is 3.67. The first kappa shape index (κ1) is 18.5. The summed E-state index contributed by atoms with van der Waals surface area (Å²) < 4.78 is 43.8. The minimum absolute atomic E-state index is 0.00752. The van der Waals surface area contributed by atoms with Gasteiger partial charge in [-0.05, 0) is 61.4 Å². The number of hydrogen-bond donors (Lipinski definition) is 0. The van der Waals surface area contributed by atoms with Crippen molar-refractivity contribution in [3.63, 3.8) is 0 Å². The SMILES string of the molecule is Cc1cc(SCc2oc(-c3ccc(C(F)(F)F)cc3)cc2C)ccc1[O]. The first-order valence-electron chi connectivity index (χ1n) is 7.91. The molecule has 2 aromatic carbocycles. The molecule has 135 valence electrons. The molecule has 0 aliphatic carbocycles. The second-order valence-corrected chi connectivity index (χ2v) is 7.06. The Kier molecular flexibility index (Phi) is 5.05. The van der Waals surface area contributed by atoms with Crippen LogP contribution in [-0.4, -0.2) is 0 Å². The van der Waals surface area contributed by atoms with Gasteiger partial charge in [-0.15, -0.1) is 11.8 Å². The van der Waals surface area contributed by atoms with E-state index in [1.165, 1.54) is 12.1 Å². The third kappa shape index (κ3) is 4.07. The van der Waals surface area contributed by atoms with Crippen molar-refractivity contribution >= 4 is 11.8 Å². The highest BCUT2D eigenvalue weighted by Gasteiger charge is 2.30. The van der Waals surface area contributed by atoms with E-state index in [1.54, 1.807) is 30.8 Å². The molecule has 3 aromatic rings. The third-order valence-corrected chi connectivity index (χ3v) is 5.03. The van der Waals surface area contributed by atoms with E-state index in [-0.39, 0.29) is 5.75 Å². The summed E-state index contributed by atoms with van der Waals surface area (Å²) in [6.07, 6.45) is -4.35. The van der Waals surface area contributed by atoms with Crippen molar-refractivity contribution in [1.29, 1.82) is 0 Å². The molecule has 0 spiro atoms. The lowest BCUT2D eigenvalue weighted by Gasteiger charge is -2.06. The van der Waals surface area contributed by atoms with Crippen LogP contribution in [0.2, 0.25) is 0 Å². The fourth-order valence-corrected chi connectivity index (χ4v) is 3.50. The van der Waals surface area contributed by atoms with Crippen LogP contribution in [0.4, 0.5) is 13.2 Å². The van der Waals surface area contributed by atoms with Crippen molar-refractivity contribution < 1.29 is 22.7 Å². The van der Waals surface area contributed by atoms with E-state index in [0.29, 0.717) is 22.6 Å². The molecule has 0 aliphatic heterocycles. The van der Waals surface area contributed by atoms with Crippen LogP contribution in [0.15, 0.2) is 57.8 Å². The molecule has 26 heavy (non-hydrogen) atoms. The van der Waals surface area contributed by atoms with Gasteiger partial charge in [0, 0.05) is 10.5 Å². The summed E-state index contributed by atoms with van der Waals surface area (Å²) in [5.41, 5.74) is 1.54. The maximum absolute atomic E-state index is 12.7. The van der Waals surface area contributed by atoms with E-state index in [0.717, 1.165) is 28.4 Å². The van der Waals surface area contributed by atoms with Crippen molar-refractivity contribution in [1.82, 2.24) is 0 Å². The van der Waals surface area contributed by atoms with Gasteiger partial charge in [-0.2, -0.15) is 13.2 Å². The number of rotatable bonds is 4. The topological polar surface area (TPSA) is 33.0 Å². The van der Waals surface area contributed by atoms with E-state index in [9.17, 15) is 18.3 Å². The van der Waals surface area contributed by atoms with Crippen LogP contribution >= 0.6 is 11.8 Å². The Hall–Kier alpha value is -2.34. The van der Waals surface area contributed by atoms with E-state index >= 15 is 0 Å². The van der Waals surface area contributed by atoms with Crippen molar-refractivity contribution in [3.05, 3.63) is 71.0 Å². The minimum Gasteiger partial charge on any atom is -0.460 e. The average Bonchev–Trinajstić information content (AvgIpc) is 2.96. The minimum atomic E-state index is -4.35. The van der Waals surface area contributed by atoms with E-state index < -0.39 is 11.7 Å². The lowest BCUT2D eigenvalue weighted by molar-refractivity contribution is -0.137. The maximum Gasteiger partial charge on any atom is 0.416 e. The predicted octanol–water partition coefficient (Wildman–Crippen LogP) is 7.02. The number of alkyl halides is 3. The molecule has 0 aliphatic rings. The zero-order valence-corrected chi connectivity index (χ0v) is 15.0. The summed E-state index contributed by atoms with van der Waals surface area (Å²) in [5, 5.41) is 11.4. The quantitative estimate of drug-likeness (QED) is 0.458. The summed E-state index contributed by atoms with van der Waals surface area (Å²) in [7, 11) is 0. The molecule has 2 nitrogen and oxygen atoms in total. The van der Waals surface area contributed by atoms with Crippen molar-refractivity contribution in [2.24, 2.45) is 0 Å². The normalized spacial score (nSPS) is 11.7.